The van der Waals surface area contributed by atoms with Crippen LogP contribution in [0.15, 0.2) is 24.3 Å². The number of benzene rings is 1. The van der Waals surface area contributed by atoms with Crippen LogP contribution in [0, 0.1) is 11.7 Å². The molecule has 21 heavy (non-hydrogen) atoms. The van der Waals surface area contributed by atoms with Crippen LogP contribution in [0.2, 0.25) is 0 Å². The molecule has 1 aliphatic rings. The van der Waals surface area contributed by atoms with Crippen LogP contribution in [0.4, 0.5) is 17.6 Å². The summed E-state index contributed by atoms with van der Waals surface area (Å²) in [5.41, 5.74) is 1.03. The zero-order valence-corrected chi connectivity index (χ0v) is 12.1. The van der Waals surface area contributed by atoms with Crippen LogP contribution in [-0.2, 0) is 6.42 Å². The molecule has 0 bridgehead atoms. The monoisotopic (exact) mass is 303 g/mol. The Labute approximate surface area is 122 Å². The molecule has 2 rings (SSSR count). The maximum atomic E-state index is 12.8. The molecule has 118 valence electrons. The van der Waals surface area contributed by atoms with E-state index in [1.54, 1.807) is 12.1 Å². The highest BCUT2D eigenvalue weighted by Crippen LogP contribution is 2.37. The van der Waals surface area contributed by atoms with Crippen LogP contribution in [0.25, 0.3) is 0 Å². The van der Waals surface area contributed by atoms with Gasteiger partial charge in [0.1, 0.15) is 5.82 Å². The van der Waals surface area contributed by atoms with Crippen LogP contribution in [0.5, 0.6) is 0 Å². The van der Waals surface area contributed by atoms with Crippen molar-refractivity contribution in [3.8, 4) is 0 Å². The third kappa shape index (κ3) is 4.99. The van der Waals surface area contributed by atoms with Gasteiger partial charge in [-0.05, 0) is 56.7 Å². The van der Waals surface area contributed by atoms with Crippen molar-refractivity contribution in [3.05, 3.63) is 35.6 Å². The lowest BCUT2D eigenvalue weighted by atomic mass is 9.85. The van der Waals surface area contributed by atoms with Gasteiger partial charge in [0.25, 0.3) is 0 Å². The van der Waals surface area contributed by atoms with Crippen molar-refractivity contribution in [2.75, 3.05) is 0 Å². The SMILES string of the molecule is CC(Cc1ccc(F)cc1)NC1CCC(C(F)(F)F)CC1. The molecule has 5 heteroatoms. The molecule has 0 amide bonds. The van der Waals surface area contributed by atoms with Crippen molar-refractivity contribution < 1.29 is 17.6 Å². The molecule has 1 nitrogen and oxygen atoms in total. The maximum absolute atomic E-state index is 12.8. The van der Waals surface area contributed by atoms with E-state index in [1.807, 2.05) is 6.92 Å². The van der Waals surface area contributed by atoms with Crippen LogP contribution >= 0.6 is 0 Å². The van der Waals surface area contributed by atoms with Gasteiger partial charge < -0.3 is 5.32 Å². The Kier molecular flexibility index (Phi) is 5.25. The van der Waals surface area contributed by atoms with Gasteiger partial charge in [-0.25, -0.2) is 4.39 Å². The van der Waals surface area contributed by atoms with Crippen molar-refractivity contribution in [3.63, 3.8) is 0 Å². The lowest BCUT2D eigenvalue weighted by molar-refractivity contribution is -0.182. The van der Waals surface area contributed by atoms with Gasteiger partial charge in [-0.3, -0.25) is 0 Å². The Hall–Kier alpha value is -1.10. The molecule has 1 aromatic rings. The average Bonchev–Trinajstić information content (AvgIpc) is 2.41. The van der Waals surface area contributed by atoms with Crippen molar-refractivity contribution in [1.29, 1.82) is 0 Å². The van der Waals surface area contributed by atoms with E-state index in [0.717, 1.165) is 12.0 Å². The van der Waals surface area contributed by atoms with Gasteiger partial charge in [0.2, 0.25) is 0 Å². The molecule has 0 radical (unpaired) electrons. The number of hydrogen-bond acceptors (Lipinski definition) is 1. The van der Waals surface area contributed by atoms with Crippen molar-refractivity contribution in [2.24, 2.45) is 5.92 Å². The van der Waals surface area contributed by atoms with E-state index in [4.69, 9.17) is 0 Å². The highest BCUT2D eigenvalue weighted by Gasteiger charge is 2.41. The molecular formula is C16H21F4N. The predicted octanol–water partition coefficient (Wildman–Crippen LogP) is 4.47. The van der Waals surface area contributed by atoms with Gasteiger partial charge in [0, 0.05) is 12.1 Å². The zero-order valence-electron chi connectivity index (χ0n) is 12.1. The largest absolute Gasteiger partial charge is 0.391 e. The number of alkyl halides is 3. The first-order valence-electron chi connectivity index (χ1n) is 7.42. The highest BCUT2D eigenvalue weighted by molar-refractivity contribution is 5.17. The summed E-state index contributed by atoms with van der Waals surface area (Å²) in [6.07, 6.45) is -1.74. The van der Waals surface area contributed by atoms with Gasteiger partial charge in [0.05, 0.1) is 5.92 Å². The summed E-state index contributed by atoms with van der Waals surface area (Å²) in [5, 5.41) is 3.39. The smallest absolute Gasteiger partial charge is 0.311 e. The van der Waals surface area contributed by atoms with E-state index in [1.165, 1.54) is 12.1 Å². The van der Waals surface area contributed by atoms with E-state index >= 15 is 0 Å². The molecular weight excluding hydrogens is 282 g/mol. The number of rotatable bonds is 4. The fourth-order valence-corrected chi connectivity index (χ4v) is 3.02. The molecule has 0 heterocycles. The Morgan fingerprint density at radius 1 is 1.10 bits per heavy atom. The summed E-state index contributed by atoms with van der Waals surface area (Å²) in [7, 11) is 0. The standard InChI is InChI=1S/C16H21F4N/c1-11(10-12-2-6-14(17)7-3-12)21-15-8-4-13(5-9-15)16(18,19)20/h2-3,6-7,11,13,15,21H,4-5,8-10H2,1H3. The van der Waals surface area contributed by atoms with E-state index in [0.29, 0.717) is 12.8 Å². The fraction of sp³-hybridized carbons (Fsp3) is 0.625. The Bertz CT molecular complexity index is 433. The molecule has 0 aliphatic heterocycles. The Morgan fingerprint density at radius 3 is 2.19 bits per heavy atom. The molecule has 0 saturated heterocycles. The first kappa shape index (κ1) is 16.3. The molecule has 1 atom stereocenters. The minimum absolute atomic E-state index is 0.152. The number of hydrogen-bond donors (Lipinski definition) is 1. The molecule has 1 saturated carbocycles. The Balaban J connectivity index is 1.76. The van der Waals surface area contributed by atoms with Gasteiger partial charge in [0.15, 0.2) is 0 Å². The third-order valence-electron chi connectivity index (χ3n) is 4.17. The van der Waals surface area contributed by atoms with Crippen LogP contribution in [0.3, 0.4) is 0 Å². The summed E-state index contributed by atoms with van der Waals surface area (Å²) >= 11 is 0. The van der Waals surface area contributed by atoms with Gasteiger partial charge in [-0.1, -0.05) is 12.1 Å². The molecule has 1 fully saturated rings. The van der Waals surface area contributed by atoms with Crippen LogP contribution in [-0.4, -0.2) is 18.3 Å². The lowest BCUT2D eigenvalue weighted by Crippen LogP contribution is -2.41. The summed E-state index contributed by atoms with van der Waals surface area (Å²) < 4.78 is 50.6. The topological polar surface area (TPSA) is 12.0 Å². The molecule has 0 spiro atoms. The fourth-order valence-electron chi connectivity index (χ4n) is 3.02. The maximum Gasteiger partial charge on any atom is 0.391 e. The van der Waals surface area contributed by atoms with Crippen LogP contribution in [0.1, 0.15) is 38.2 Å². The van der Waals surface area contributed by atoms with E-state index in [9.17, 15) is 17.6 Å². The van der Waals surface area contributed by atoms with Crippen molar-refractivity contribution in [1.82, 2.24) is 5.32 Å². The van der Waals surface area contributed by atoms with Gasteiger partial charge in [-0.2, -0.15) is 13.2 Å². The minimum atomic E-state index is -4.05. The van der Waals surface area contributed by atoms with Gasteiger partial charge >= 0.3 is 6.18 Å². The van der Waals surface area contributed by atoms with E-state index < -0.39 is 12.1 Å². The average molecular weight is 303 g/mol. The minimum Gasteiger partial charge on any atom is -0.311 e. The molecule has 1 N–H and O–H groups in total. The first-order chi connectivity index (χ1) is 9.84. The predicted molar refractivity (Wildman–Crippen MR) is 74.5 cm³/mol. The molecule has 0 aromatic heterocycles. The third-order valence-corrected chi connectivity index (χ3v) is 4.17. The summed E-state index contributed by atoms with van der Waals surface area (Å²) in [5.74, 6) is -1.40. The normalized spacial score (nSPS) is 24.8. The van der Waals surface area contributed by atoms with Crippen molar-refractivity contribution >= 4 is 0 Å². The first-order valence-corrected chi connectivity index (χ1v) is 7.42. The quantitative estimate of drug-likeness (QED) is 0.809. The number of nitrogens with one attached hydrogen (secondary N) is 1. The molecule has 1 aliphatic carbocycles. The molecule has 1 aromatic carbocycles. The highest BCUT2D eigenvalue weighted by atomic mass is 19.4. The van der Waals surface area contributed by atoms with E-state index in [2.05, 4.69) is 5.32 Å². The second-order valence-electron chi connectivity index (χ2n) is 5.99. The van der Waals surface area contributed by atoms with Crippen LogP contribution < -0.4 is 5.32 Å². The number of halogens is 4. The second kappa shape index (κ2) is 6.77. The Morgan fingerprint density at radius 2 is 1.67 bits per heavy atom. The lowest BCUT2D eigenvalue weighted by Gasteiger charge is -2.32. The summed E-state index contributed by atoms with van der Waals surface area (Å²) in [6.45, 7) is 2.01. The summed E-state index contributed by atoms with van der Waals surface area (Å²) in [6, 6.07) is 6.66. The van der Waals surface area contributed by atoms with Gasteiger partial charge in [-0.15, -0.1) is 0 Å². The zero-order chi connectivity index (χ0) is 15.5. The van der Waals surface area contributed by atoms with Crippen molar-refractivity contribution in [2.45, 2.75) is 57.3 Å². The van der Waals surface area contributed by atoms with E-state index in [-0.39, 0.29) is 30.7 Å². The summed E-state index contributed by atoms with van der Waals surface area (Å²) in [4.78, 5) is 0. The molecule has 1 unspecified atom stereocenters. The second-order valence-corrected chi connectivity index (χ2v) is 5.99.